The third-order valence-electron chi connectivity index (χ3n) is 5.49. The second-order valence-corrected chi connectivity index (χ2v) is 7.37. The molecule has 2 amide bonds. The van der Waals surface area contributed by atoms with Crippen molar-refractivity contribution >= 4 is 6.03 Å². The van der Waals surface area contributed by atoms with Crippen LogP contribution >= 0.6 is 0 Å². The molecule has 0 aliphatic carbocycles. The summed E-state index contributed by atoms with van der Waals surface area (Å²) in [7, 11) is 3.83. The highest BCUT2D eigenvalue weighted by Gasteiger charge is 2.25. The summed E-state index contributed by atoms with van der Waals surface area (Å²) in [6, 6.07) is 8.45. The van der Waals surface area contributed by atoms with Crippen molar-refractivity contribution in [3.63, 3.8) is 0 Å². The quantitative estimate of drug-likeness (QED) is 0.787. The number of likely N-dealkylation sites (N-methyl/N-ethyl adjacent to an activating group) is 1. The van der Waals surface area contributed by atoms with E-state index in [0.29, 0.717) is 6.54 Å². The molecular formula is C20H32N4O3. The molecule has 27 heavy (non-hydrogen) atoms. The minimum absolute atomic E-state index is 0.0884. The zero-order valence-corrected chi connectivity index (χ0v) is 16.4. The van der Waals surface area contributed by atoms with E-state index in [4.69, 9.17) is 9.47 Å². The lowest BCUT2D eigenvalue weighted by Gasteiger charge is -2.38. The lowest BCUT2D eigenvalue weighted by molar-refractivity contribution is 0.0796. The summed E-state index contributed by atoms with van der Waals surface area (Å²) in [5.74, 6) is 0.848. The fraction of sp³-hybridized carbons (Fsp3) is 0.650. The average Bonchev–Trinajstić information content (AvgIpc) is 2.70. The van der Waals surface area contributed by atoms with Crippen LogP contribution in [0.2, 0.25) is 0 Å². The zero-order valence-electron chi connectivity index (χ0n) is 16.4. The van der Waals surface area contributed by atoms with Crippen molar-refractivity contribution in [2.45, 2.75) is 24.9 Å². The summed E-state index contributed by atoms with van der Waals surface area (Å²) < 4.78 is 10.6. The van der Waals surface area contributed by atoms with E-state index >= 15 is 0 Å². The Hall–Kier alpha value is -1.83. The van der Waals surface area contributed by atoms with E-state index in [-0.39, 0.29) is 18.1 Å². The van der Waals surface area contributed by atoms with Crippen LogP contribution in [-0.4, -0.2) is 82.0 Å². The Kier molecular flexibility index (Phi) is 7.32. The first-order valence-corrected chi connectivity index (χ1v) is 9.84. The number of nitrogens with zero attached hydrogens (tertiary/aromatic N) is 2. The summed E-state index contributed by atoms with van der Waals surface area (Å²) in [4.78, 5) is 17.2. The number of rotatable bonds is 6. The molecule has 0 bridgehead atoms. The number of hydrogen-bond donors (Lipinski definition) is 2. The number of piperazine rings is 1. The predicted octanol–water partition coefficient (Wildman–Crippen LogP) is 1.46. The second-order valence-electron chi connectivity index (χ2n) is 7.37. The largest absolute Gasteiger partial charge is 0.497 e. The van der Waals surface area contributed by atoms with E-state index in [2.05, 4.69) is 39.6 Å². The third-order valence-corrected chi connectivity index (χ3v) is 5.49. The maximum absolute atomic E-state index is 12.4. The van der Waals surface area contributed by atoms with Crippen LogP contribution in [-0.2, 0) is 4.74 Å². The van der Waals surface area contributed by atoms with E-state index in [0.717, 1.165) is 58.0 Å². The van der Waals surface area contributed by atoms with Crippen LogP contribution in [0.4, 0.5) is 4.79 Å². The summed E-state index contributed by atoms with van der Waals surface area (Å²) in [5, 5.41) is 6.17. The molecule has 0 saturated carbocycles. The van der Waals surface area contributed by atoms with E-state index in [1.54, 1.807) is 7.11 Å². The topological polar surface area (TPSA) is 66.1 Å². The molecule has 0 radical (unpaired) electrons. The highest BCUT2D eigenvalue weighted by atomic mass is 16.5. The average molecular weight is 377 g/mol. The maximum Gasteiger partial charge on any atom is 0.315 e. The van der Waals surface area contributed by atoms with E-state index < -0.39 is 0 Å². The normalized spacial score (nSPS) is 20.8. The first-order valence-electron chi connectivity index (χ1n) is 9.84. The Morgan fingerprint density at radius 2 is 1.85 bits per heavy atom. The van der Waals surface area contributed by atoms with Gasteiger partial charge >= 0.3 is 6.03 Å². The monoisotopic (exact) mass is 376 g/mol. The van der Waals surface area contributed by atoms with E-state index in [1.807, 2.05) is 12.1 Å². The van der Waals surface area contributed by atoms with Crippen molar-refractivity contribution in [1.82, 2.24) is 20.4 Å². The molecule has 2 aliphatic rings. The van der Waals surface area contributed by atoms with E-state index in [9.17, 15) is 4.79 Å². The van der Waals surface area contributed by atoms with Crippen molar-refractivity contribution < 1.29 is 14.3 Å². The van der Waals surface area contributed by atoms with Crippen LogP contribution in [0.25, 0.3) is 0 Å². The Morgan fingerprint density at radius 1 is 1.19 bits per heavy atom. The minimum atomic E-state index is -0.0884. The molecule has 0 aromatic heterocycles. The van der Waals surface area contributed by atoms with Crippen molar-refractivity contribution in [2.24, 2.45) is 0 Å². The molecular weight excluding hydrogens is 344 g/mol. The van der Waals surface area contributed by atoms with Crippen LogP contribution in [0, 0.1) is 0 Å². The summed E-state index contributed by atoms with van der Waals surface area (Å²) in [5.41, 5.74) is 1.20. The number of ether oxygens (including phenoxy) is 2. The third kappa shape index (κ3) is 5.82. The Bertz CT molecular complexity index is 581. The molecule has 2 saturated heterocycles. The van der Waals surface area contributed by atoms with Crippen LogP contribution in [0.3, 0.4) is 0 Å². The van der Waals surface area contributed by atoms with Crippen molar-refractivity contribution in [2.75, 3.05) is 60.1 Å². The molecule has 2 aliphatic heterocycles. The molecule has 2 N–H and O–H groups in total. The van der Waals surface area contributed by atoms with Gasteiger partial charge in [0.1, 0.15) is 5.75 Å². The first kappa shape index (κ1) is 19.9. The van der Waals surface area contributed by atoms with Crippen LogP contribution < -0.4 is 15.4 Å². The predicted molar refractivity (Wildman–Crippen MR) is 105 cm³/mol. The van der Waals surface area contributed by atoms with Gasteiger partial charge in [-0.1, -0.05) is 12.1 Å². The number of benzene rings is 1. The van der Waals surface area contributed by atoms with Gasteiger partial charge < -0.3 is 25.0 Å². The molecule has 7 nitrogen and oxygen atoms in total. The number of hydrogen-bond acceptors (Lipinski definition) is 5. The highest BCUT2D eigenvalue weighted by Crippen LogP contribution is 2.24. The Morgan fingerprint density at radius 3 is 2.48 bits per heavy atom. The fourth-order valence-electron chi connectivity index (χ4n) is 3.69. The number of carbonyl (C=O) groups excluding carboxylic acids is 1. The highest BCUT2D eigenvalue weighted by molar-refractivity contribution is 5.74. The van der Waals surface area contributed by atoms with Gasteiger partial charge in [0, 0.05) is 52.0 Å². The van der Waals surface area contributed by atoms with E-state index in [1.165, 1.54) is 5.56 Å². The minimum Gasteiger partial charge on any atom is -0.497 e. The summed E-state index contributed by atoms with van der Waals surface area (Å²) >= 11 is 0. The smallest absolute Gasteiger partial charge is 0.315 e. The number of methoxy groups -OCH3 is 1. The molecule has 3 rings (SSSR count). The molecule has 7 heteroatoms. The van der Waals surface area contributed by atoms with Crippen molar-refractivity contribution in [3.05, 3.63) is 29.8 Å². The first-order chi connectivity index (χ1) is 13.2. The maximum atomic E-state index is 12.4. The molecule has 2 fully saturated rings. The van der Waals surface area contributed by atoms with Crippen LogP contribution in [0.15, 0.2) is 24.3 Å². The van der Waals surface area contributed by atoms with Crippen LogP contribution in [0.5, 0.6) is 5.75 Å². The summed E-state index contributed by atoms with van der Waals surface area (Å²) in [6.07, 6.45) is 1.77. The van der Waals surface area contributed by atoms with Crippen molar-refractivity contribution in [1.29, 1.82) is 0 Å². The molecule has 1 aromatic rings. The Balaban J connectivity index is 1.60. The SMILES string of the molecule is COc1ccc(C(CNC(=O)NC2CCOCC2)N2CCN(C)CC2)cc1. The lowest BCUT2D eigenvalue weighted by atomic mass is 10.0. The van der Waals surface area contributed by atoms with Gasteiger partial charge in [0.15, 0.2) is 0 Å². The van der Waals surface area contributed by atoms with Gasteiger partial charge in [-0.15, -0.1) is 0 Å². The van der Waals surface area contributed by atoms with Gasteiger partial charge in [-0.05, 0) is 37.6 Å². The molecule has 1 unspecified atom stereocenters. The summed E-state index contributed by atoms with van der Waals surface area (Å²) in [6.45, 7) is 6.11. The van der Waals surface area contributed by atoms with Crippen molar-refractivity contribution in [3.8, 4) is 5.75 Å². The lowest BCUT2D eigenvalue weighted by Crippen LogP contribution is -2.50. The molecule has 2 heterocycles. The fourth-order valence-corrected chi connectivity index (χ4v) is 3.69. The standard InChI is InChI=1S/C20H32N4O3/c1-23-9-11-24(12-10-23)19(16-3-5-18(26-2)6-4-16)15-21-20(25)22-17-7-13-27-14-8-17/h3-6,17,19H,7-15H2,1-2H3,(H2,21,22,25). The Labute approximate surface area is 162 Å². The number of nitrogens with one attached hydrogen (secondary N) is 2. The molecule has 0 spiro atoms. The molecule has 1 atom stereocenters. The number of carbonyl (C=O) groups is 1. The van der Waals surface area contributed by atoms with Gasteiger partial charge in [-0.25, -0.2) is 4.79 Å². The van der Waals surface area contributed by atoms with Gasteiger partial charge in [0.25, 0.3) is 0 Å². The molecule has 150 valence electrons. The van der Waals surface area contributed by atoms with Gasteiger partial charge in [0.05, 0.1) is 13.2 Å². The number of urea groups is 1. The zero-order chi connectivity index (χ0) is 19.1. The van der Waals surface area contributed by atoms with Gasteiger partial charge in [-0.3, -0.25) is 4.90 Å². The number of amides is 2. The molecule has 1 aromatic carbocycles. The van der Waals surface area contributed by atoms with Gasteiger partial charge in [-0.2, -0.15) is 0 Å². The van der Waals surface area contributed by atoms with Gasteiger partial charge in [0.2, 0.25) is 0 Å². The second kappa shape index (κ2) is 9.92. The van der Waals surface area contributed by atoms with Crippen LogP contribution in [0.1, 0.15) is 24.4 Å².